The van der Waals surface area contributed by atoms with E-state index in [0.29, 0.717) is 18.3 Å². The number of benzene rings is 1. The lowest BCUT2D eigenvalue weighted by molar-refractivity contribution is -0.121. The average molecular weight is 386 g/mol. The van der Waals surface area contributed by atoms with Crippen LogP contribution in [-0.2, 0) is 4.79 Å². The Morgan fingerprint density at radius 2 is 1.86 bits per heavy atom. The standard InChI is InChI=1S/C23H35N3O2/c1-18-7-5-11-21(15-18)25-23(28)26-14-6-10-20(17-26)12-13-22(27)24-16-19-8-3-2-4-9-19/h5,7,11,15,19-20H,2-4,6,8-10,12-14,16-17H2,1H3,(H,24,27)(H,25,28)/t20-/m0/s1. The smallest absolute Gasteiger partial charge is 0.321 e. The molecule has 154 valence electrons. The van der Waals surface area contributed by atoms with Crippen molar-refractivity contribution in [3.05, 3.63) is 29.8 Å². The molecule has 1 aromatic carbocycles. The van der Waals surface area contributed by atoms with Crippen LogP contribution in [0.2, 0.25) is 0 Å². The predicted octanol–water partition coefficient (Wildman–Crippen LogP) is 4.72. The van der Waals surface area contributed by atoms with Gasteiger partial charge in [-0.15, -0.1) is 0 Å². The van der Waals surface area contributed by atoms with Crippen LogP contribution in [0.5, 0.6) is 0 Å². The van der Waals surface area contributed by atoms with Crippen molar-refractivity contribution in [1.82, 2.24) is 10.2 Å². The molecule has 0 unspecified atom stereocenters. The molecule has 1 saturated heterocycles. The molecule has 1 saturated carbocycles. The Bertz CT molecular complexity index is 655. The molecule has 1 aliphatic heterocycles. The first-order chi connectivity index (χ1) is 13.6. The zero-order valence-corrected chi connectivity index (χ0v) is 17.2. The number of aryl methyl sites for hydroxylation is 1. The lowest BCUT2D eigenvalue weighted by Gasteiger charge is -2.32. The fourth-order valence-electron chi connectivity index (χ4n) is 4.48. The van der Waals surface area contributed by atoms with Crippen molar-refractivity contribution in [3.63, 3.8) is 0 Å². The third-order valence-electron chi connectivity index (χ3n) is 6.17. The van der Waals surface area contributed by atoms with Gasteiger partial charge in [0, 0.05) is 31.7 Å². The van der Waals surface area contributed by atoms with Gasteiger partial charge in [0.2, 0.25) is 5.91 Å². The second kappa shape index (κ2) is 10.5. The molecule has 2 aliphatic rings. The Morgan fingerprint density at radius 3 is 2.64 bits per heavy atom. The van der Waals surface area contributed by atoms with Gasteiger partial charge in [0.05, 0.1) is 0 Å². The van der Waals surface area contributed by atoms with Gasteiger partial charge in [-0.05, 0) is 68.6 Å². The van der Waals surface area contributed by atoms with Gasteiger partial charge < -0.3 is 15.5 Å². The van der Waals surface area contributed by atoms with Crippen LogP contribution in [0.15, 0.2) is 24.3 Å². The van der Waals surface area contributed by atoms with Crippen LogP contribution in [-0.4, -0.2) is 36.5 Å². The molecule has 1 aromatic rings. The summed E-state index contributed by atoms with van der Waals surface area (Å²) in [6, 6.07) is 7.85. The number of hydrogen-bond donors (Lipinski definition) is 2. The van der Waals surface area contributed by atoms with Crippen molar-refractivity contribution >= 4 is 17.6 Å². The fourth-order valence-corrected chi connectivity index (χ4v) is 4.48. The van der Waals surface area contributed by atoms with Crippen LogP contribution in [0.1, 0.15) is 63.4 Å². The number of piperidine rings is 1. The highest BCUT2D eigenvalue weighted by molar-refractivity contribution is 5.89. The summed E-state index contributed by atoms with van der Waals surface area (Å²) in [5.41, 5.74) is 1.97. The first-order valence-electron chi connectivity index (χ1n) is 11.0. The molecular weight excluding hydrogens is 350 g/mol. The minimum absolute atomic E-state index is 0.0305. The summed E-state index contributed by atoms with van der Waals surface area (Å²) in [6.07, 6.45) is 10.0. The summed E-state index contributed by atoms with van der Waals surface area (Å²) in [7, 11) is 0. The number of carbonyl (C=O) groups excluding carboxylic acids is 2. The highest BCUT2D eigenvalue weighted by Crippen LogP contribution is 2.24. The number of carbonyl (C=O) groups is 2. The lowest BCUT2D eigenvalue weighted by atomic mass is 9.89. The van der Waals surface area contributed by atoms with E-state index in [9.17, 15) is 9.59 Å². The largest absolute Gasteiger partial charge is 0.356 e. The first-order valence-corrected chi connectivity index (χ1v) is 11.0. The predicted molar refractivity (Wildman–Crippen MR) is 113 cm³/mol. The van der Waals surface area contributed by atoms with Crippen LogP contribution in [0.4, 0.5) is 10.5 Å². The van der Waals surface area contributed by atoms with Gasteiger partial charge in [-0.1, -0.05) is 31.4 Å². The monoisotopic (exact) mass is 385 g/mol. The van der Waals surface area contributed by atoms with Gasteiger partial charge in [0.15, 0.2) is 0 Å². The number of urea groups is 1. The molecule has 2 fully saturated rings. The summed E-state index contributed by atoms with van der Waals surface area (Å²) >= 11 is 0. The van der Waals surface area contributed by atoms with E-state index in [1.54, 1.807) is 0 Å². The minimum Gasteiger partial charge on any atom is -0.356 e. The third-order valence-corrected chi connectivity index (χ3v) is 6.17. The van der Waals surface area contributed by atoms with E-state index >= 15 is 0 Å². The van der Waals surface area contributed by atoms with Crippen molar-refractivity contribution in [1.29, 1.82) is 0 Å². The summed E-state index contributed by atoms with van der Waals surface area (Å²) in [6.45, 7) is 4.40. The SMILES string of the molecule is Cc1cccc(NC(=O)N2CCC[C@@H](CCC(=O)NCC3CCCCC3)C2)c1. The molecule has 1 heterocycles. The van der Waals surface area contributed by atoms with E-state index in [4.69, 9.17) is 0 Å². The average Bonchev–Trinajstić information content (AvgIpc) is 2.72. The molecule has 1 atom stereocenters. The summed E-state index contributed by atoms with van der Waals surface area (Å²) in [5, 5.41) is 6.13. The molecule has 3 rings (SSSR count). The lowest BCUT2D eigenvalue weighted by Crippen LogP contribution is -2.42. The highest BCUT2D eigenvalue weighted by Gasteiger charge is 2.24. The minimum atomic E-state index is -0.0305. The number of nitrogens with one attached hydrogen (secondary N) is 2. The highest BCUT2D eigenvalue weighted by atomic mass is 16.2. The molecule has 3 amide bonds. The van der Waals surface area contributed by atoms with E-state index in [1.165, 1.54) is 32.1 Å². The maximum Gasteiger partial charge on any atom is 0.321 e. The topological polar surface area (TPSA) is 61.4 Å². The van der Waals surface area contributed by atoms with Crippen molar-refractivity contribution in [2.75, 3.05) is 25.0 Å². The molecule has 0 bridgehead atoms. The normalized spacial score (nSPS) is 20.6. The maximum atomic E-state index is 12.6. The molecule has 0 aromatic heterocycles. The van der Waals surface area contributed by atoms with Crippen molar-refractivity contribution < 1.29 is 9.59 Å². The third kappa shape index (κ3) is 6.54. The van der Waals surface area contributed by atoms with Crippen molar-refractivity contribution in [2.24, 2.45) is 11.8 Å². The number of likely N-dealkylation sites (tertiary alicyclic amines) is 1. The summed E-state index contributed by atoms with van der Waals surface area (Å²) in [4.78, 5) is 26.7. The molecule has 0 radical (unpaired) electrons. The number of hydrogen-bond acceptors (Lipinski definition) is 2. The van der Waals surface area contributed by atoms with Crippen LogP contribution < -0.4 is 10.6 Å². The second-order valence-corrected chi connectivity index (χ2v) is 8.60. The summed E-state index contributed by atoms with van der Waals surface area (Å²) in [5.74, 6) is 1.26. The zero-order valence-electron chi connectivity index (χ0n) is 17.2. The Morgan fingerprint density at radius 1 is 1.07 bits per heavy atom. The Balaban J connectivity index is 1.38. The first kappa shape index (κ1) is 20.7. The van der Waals surface area contributed by atoms with Crippen LogP contribution >= 0.6 is 0 Å². The molecule has 2 N–H and O–H groups in total. The van der Waals surface area contributed by atoms with Crippen LogP contribution in [0, 0.1) is 18.8 Å². The second-order valence-electron chi connectivity index (χ2n) is 8.60. The van der Waals surface area contributed by atoms with Crippen molar-refractivity contribution in [2.45, 2.75) is 64.7 Å². The quantitative estimate of drug-likeness (QED) is 0.744. The van der Waals surface area contributed by atoms with Gasteiger partial charge >= 0.3 is 6.03 Å². The molecule has 5 nitrogen and oxygen atoms in total. The van der Waals surface area contributed by atoms with E-state index in [0.717, 1.165) is 50.1 Å². The number of anilines is 1. The Hall–Kier alpha value is -2.04. The Kier molecular flexibility index (Phi) is 7.75. The van der Waals surface area contributed by atoms with Gasteiger partial charge in [0.1, 0.15) is 0 Å². The van der Waals surface area contributed by atoms with Crippen LogP contribution in [0.25, 0.3) is 0 Å². The van der Waals surface area contributed by atoms with E-state index in [2.05, 4.69) is 10.6 Å². The van der Waals surface area contributed by atoms with E-state index < -0.39 is 0 Å². The molecule has 28 heavy (non-hydrogen) atoms. The number of rotatable bonds is 6. The number of nitrogens with zero attached hydrogens (tertiary/aromatic N) is 1. The van der Waals surface area contributed by atoms with E-state index in [1.807, 2.05) is 36.1 Å². The molecule has 5 heteroatoms. The molecule has 1 aliphatic carbocycles. The number of amides is 3. The zero-order chi connectivity index (χ0) is 19.8. The van der Waals surface area contributed by atoms with Gasteiger partial charge in [-0.2, -0.15) is 0 Å². The fraction of sp³-hybridized carbons (Fsp3) is 0.652. The van der Waals surface area contributed by atoms with Gasteiger partial charge in [-0.25, -0.2) is 4.79 Å². The maximum absolute atomic E-state index is 12.6. The Labute approximate surface area is 169 Å². The van der Waals surface area contributed by atoms with Gasteiger partial charge in [-0.3, -0.25) is 4.79 Å². The van der Waals surface area contributed by atoms with E-state index in [-0.39, 0.29) is 11.9 Å². The van der Waals surface area contributed by atoms with Gasteiger partial charge in [0.25, 0.3) is 0 Å². The molecular formula is C23H35N3O2. The van der Waals surface area contributed by atoms with Crippen molar-refractivity contribution in [3.8, 4) is 0 Å². The summed E-state index contributed by atoms with van der Waals surface area (Å²) < 4.78 is 0. The molecule has 0 spiro atoms. The van der Waals surface area contributed by atoms with Crippen LogP contribution in [0.3, 0.4) is 0 Å².